The average Bonchev–Trinajstić information content (AvgIpc) is 2.73. The van der Waals surface area contributed by atoms with Crippen LogP contribution in [-0.4, -0.2) is 22.3 Å². The van der Waals surface area contributed by atoms with E-state index < -0.39 is 0 Å². The number of ether oxygens (including phenoxy) is 1. The van der Waals surface area contributed by atoms with E-state index in [1.54, 1.807) is 7.11 Å². The zero-order valence-electron chi connectivity index (χ0n) is 9.62. The van der Waals surface area contributed by atoms with Crippen molar-refractivity contribution in [3.05, 3.63) is 34.6 Å². The zero-order valence-corrected chi connectivity index (χ0v) is 10.4. The van der Waals surface area contributed by atoms with Crippen molar-refractivity contribution in [2.75, 3.05) is 12.4 Å². The summed E-state index contributed by atoms with van der Waals surface area (Å²) in [4.78, 5) is 4.15. The van der Waals surface area contributed by atoms with Crippen LogP contribution in [0.15, 0.2) is 18.2 Å². The van der Waals surface area contributed by atoms with Gasteiger partial charge in [0.2, 0.25) is 5.95 Å². The Kier molecular flexibility index (Phi) is 3.49. The molecule has 0 aliphatic rings. The van der Waals surface area contributed by atoms with Crippen LogP contribution in [0.1, 0.15) is 11.4 Å². The molecule has 0 amide bonds. The third-order valence-electron chi connectivity index (χ3n) is 2.33. The summed E-state index contributed by atoms with van der Waals surface area (Å²) in [6.07, 6.45) is 0. The summed E-state index contributed by atoms with van der Waals surface area (Å²) < 4.78 is 5.25. The minimum atomic E-state index is 0.525. The monoisotopic (exact) mass is 252 g/mol. The van der Waals surface area contributed by atoms with E-state index in [0.29, 0.717) is 23.3 Å². The highest BCUT2D eigenvalue weighted by Gasteiger charge is 2.08. The molecule has 0 aliphatic heterocycles. The lowest BCUT2D eigenvalue weighted by molar-refractivity contribution is 0.410. The molecule has 6 heteroatoms. The van der Waals surface area contributed by atoms with Crippen molar-refractivity contribution < 1.29 is 4.74 Å². The number of nitrogens with zero attached hydrogens (tertiary/aromatic N) is 2. The lowest BCUT2D eigenvalue weighted by atomic mass is 10.2. The maximum Gasteiger partial charge on any atom is 0.218 e. The number of hydrogen-bond donors (Lipinski definition) is 2. The highest BCUT2D eigenvalue weighted by atomic mass is 35.5. The maximum atomic E-state index is 6.11. The second-order valence-electron chi connectivity index (χ2n) is 3.51. The highest BCUT2D eigenvalue weighted by molar-refractivity contribution is 6.31. The van der Waals surface area contributed by atoms with Gasteiger partial charge in [0, 0.05) is 17.1 Å². The summed E-state index contributed by atoms with van der Waals surface area (Å²) in [7, 11) is 1.62. The van der Waals surface area contributed by atoms with Crippen molar-refractivity contribution in [2.24, 2.45) is 0 Å². The minimum absolute atomic E-state index is 0.525. The van der Waals surface area contributed by atoms with Crippen molar-refractivity contribution in [1.29, 1.82) is 0 Å². The Morgan fingerprint density at radius 2 is 2.29 bits per heavy atom. The van der Waals surface area contributed by atoms with E-state index in [-0.39, 0.29) is 0 Å². The zero-order chi connectivity index (χ0) is 12.3. The van der Waals surface area contributed by atoms with E-state index in [1.165, 1.54) is 0 Å². The van der Waals surface area contributed by atoms with E-state index in [9.17, 15) is 0 Å². The maximum absolute atomic E-state index is 6.11. The van der Waals surface area contributed by atoms with Crippen LogP contribution in [0, 0.1) is 6.92 Å². The Morgan fingerprint density at radius 3 is 2.94 bits per heavy atom. The Bertz CT molecular complexity index is 512. The number of halogens is 1. The lowest BCUT2D eigenvalue weighted by Gasteiger charge is -2.10. The summed E-state index contributed by atoms with van der Waals surface area (Å²) in [5.41, 5.74) is 0.894. The van der Waals surface area contributed by atoms with Gasteiger partial charge >= 0.3 is 0 Å². The molecule has 2 aromatic rings. The number of anilines is 1. The van der Waals surface area contributed by atoms with Gasteiger partial charge in [0.25, 0.3) is 0 Å². The third-order valence-corrected chi connectivity index (χ3v) is 2.68. The lowest BCUT2D eigenvalue weighted by Crippen LogP contribution is -2.03. The molecule has 1 aromatic carbocycles. The number of benzene rings is 1. The quantitative estimate of drug-likeness (QED) is 0.877. The fraction of sp³-hybridized carbons (Fsp3) is 0.273. The molecule has 0 atom stereocenters. The standard InChI is InChI=1S/C11H13ClN4O/c1-7-14-11(16-15-7)13-6-8-9(12)4-3-5-10(8)17-2/h3-5H,6H2,1-2H3,(H2,13,14,15,16). The van der Waals surface area contributed by atoms with Crippen LogP contribution in [0.25, 0.3) is 0 Å². The van der Waals surface area contributed by atoms with Gasteiger partial charge < -0.3 is 10.1 Å². The molecule has 0 bridgehead atoms. The van der Waals surface area contributed by atoms with Crippen LogP contribution >= 0.6 is 11.6 Å². The molecule has 0 saturated heterocycles. The van der Waals surface area contributed by atoms with Crippen molar-refractivity contribution in [2.45, 2.75) is 13.5 Å². The molecule has 0 fully saturated rings. The SMILES string of the molecule is COc1cccc(Cl)c1CNc1nc(C)n[nH]1. The summed E-state index contributed by atoms with van der Waals surface area (Å²) in [5, 5.41) is 10.5. The molecular formula is C11H13ClN4O. The number of H-pyrrole nitrogens is 1. The second-order valence-corrected chi connectivity index (χ2v) is 3.91. The summed E-state index contributed by atoms with van der Waals surface area (Å²) in [6.45, 7) is 2.34. The van der Waals surface area contributed by atoms with E-state index in [1.807, 2.05) is 25.1 Å². The third kappa shape index (κ3) is 2.68. The Labute approximate surface area is 104 Å². The molecule has 5 nitrogen and oxygen atoms in total. The molecule has 1 aromatic heterocycles. The second kappa shape index (κ2) is 5.05. The van der Waals surface area contributed by atoms with Gasteiger partial charge in [-0.05, 0) is 19.1 Å². The average molecular weight is 253 g/mol. The molecule has 17 heavy (non-hydrogen) atoms. The smallest absolute Gasteiger partial charge is 0.218 e. The molecule has 2 N–H and O–H groups in total. The van der Waals surface area contributed by atoms with Gasteiger partial charge in [-0.2, -0.15) is 10.1 Å². The van der Waals surface area contributed by atoms with Gasteiger partial charge in [-0.1, -0.05) is 17.7 Å². The largest absolute Gasteiger partial charge is 0.496 e. The first-order valence-electron chi connectivity index (χ1n) is 5.15. The summed E-state index contributed by atoms with van der Waals surface area (Å²) in [5.74, 6) is 2.06. The van der Waals surface area contributed by atoms with E-state index in [2.05, 4.69) is 20.5 Å². The van der Waals surface area contributed by atoms with Gasteiger partial charge in [0.1, 0.15) is 11.6 Å². The van der Waals surface area contributed by atoms with Gasteiger partial charge in [0.05, 0.1) is 7.11 Å². The van der Waals surface area contributed by atoms with Crippen molar-refractivity contribution in [3.8, 4) is 5.75 Å². The van der Waals surface area contributed by atoms with Crippen LogP contribution in [0.2, 0.25) is 5.02 Å². The van der Waals surface area contributed by atoms with Crippen molar-refractivity contribution >= 4 is 17.5 Å². The van der Waals surface area contributed by atoms with E-state index in [0.717, 1.165) is 11.3 Å². The first-order valence-corrected chi connectivity index (χ1v) is 5.52. The molecule has 0 radical (unpaired) electrons. The predicted molar refractivity (Wildman–Crippen MR) is 66.5 cm³/mol. The predicted octanol–water partition coefficient (Wildman–Crippen LogP) is 2.39. The first kappa shape index (κ1) is 11.7. The van der Waals surface area contributed by atoms with Gasteiger partial charge in [0.15, 0.2) is 0 Å². The van der Waals surface area contributed by atoms with Crippen LogP contribution in [0.3, 0.4) is 0 Å². The summed E-state index contributed by atoms with van der Waals surface area (Å²) >= 11 is 6.11. The number of nitrogens with one attached hydrogen (secondary N) is 2. The van der Waals surface area contributed by atoms with Gasteiger partial charge in [-0.3, -0.25) is 0 Å². The Morgan fingerprint density at radius 1 is 1.47 bits per heavy atom. The van der Waals surface area contributed by atoms with Crippen molar-refractivity contribution in [3.63, 3.8) is 0 Å². The molecule has 1 heterocycles. The molecule has 0 unspecified atom stereocenters. The fourth-order valence-corrected chi connectivity index (χ4v) is 1.73. The minimum Gasteiger partial charge on any atom is -0.496 e. The number of hydrogen-bond acceptors (Lipinski definition) is 4. The summed E-state index contributed by atoms with van der Waals surface area (Å²) in [6, 6.07) is 5.55. The van der Waals surface area contributed by atoms with E-state index >= 15 is 0 Å². The van der Waals surface area contributed by atoms with E-state index in [4.69, 9.17) is 16.3 Å². The molecule has 90 valence electrons. The Balaban J connectivity index is 2.13. The number of aryl methyl sites for hydroxylation is 1. The van der Waals surface area contributed by atoms with Crippen LogP contribution in [0.4, 0.5) is 5.95 Å². The number of aromatic amines is 1. The fourth-order valence-electron chi connectivity index (χ4n) is 1.50. The molecule has 0 aliphatic carbocycles. The van der Waals surface area contributed by atoms with Gasteiger partial charge in [-0.25, -0.2) is 5.10 Å². The van der Waals surface area contributed by atoms with Crippen LogP contribution in [-0.2, 0) is 6.54 Å². The first-order chi connectivity index (χ1) is 8.20. The van der Waals surface area contributed by atoms with Crippen LogP contribution in [0.5, 0.6) is 5.75 Å². The normalized spacial score (nSPS) is 10.3. The molecular weight excluding hydrogens is 240 g/mol. The number of methoxy groups -OCH3 is 1. The van der Waals surface area contributed by atoms with Crippen LogP contribution < -0.4 is 10.1 Å². The molecule has 2 rings (SSSR count). The molecule has 0 saturated carbocycles. The van der Waals surface area contributed by atoms with Crippen molar-refractivity contribution in [1.82, 2.24) is 15.2 Å². The number of rotatable bonds is 4. The Hall–Kier alpha value is -1.75. The van der Waals surface area contributed by atoms with Gasteiger partial charge in [-0.15, -0.1) is 0 Å². The topological polar surface area (TPSA) is 62.8 Å². The highest BCUT2D eigenvalue weighted by Crippen LogP contribution is 2.26. The molecule has 0 spiro atoms. The number of aromatic nitrogens is 3.